The maximum atomic E-state index is 9.98. The highest BCUT2D eigenvalue weighted by atomic mass is 16.3. The van der Waals surface area contributed by atoms with Crippen molar-refractivity contribution in [1.82, 2.24) is 0 Å². The van der Waals surface area contributed by atoms with Gasteiger partial charge in [-0.2, -0.15) is 4.91 Å². The van der Waals surface area contributed by atoms with Gasteiger partial charge in [-0.05, 0) is 13.3 Å². The molecular weight excluding hydrogens is 114 g/mol. The average Bonchev–Trinajstić information content (AvgIpc) is 1.88. The lowest BCUT2D eigenvalue weighted by atomic mass is 10.1. The van der Waals surface area contributed by atoms with E-state index < -0.39 is 0 Å². The first-order chi connectivity index (χ1) is 4.33. The van der Waals surface area contributed by atoms with E-state index in [4.69, 9.17) is 0 Å². The number of allylic oxidation sites excluding steroid dienone is 2. The van der Waals surface area contributed by atoms with Crippen molar-refractivity contribution in [3.05, 3.63) is 28.7 Å². The number of hydrogen-bond acceptors (Lipinski definition) is 2. The molecule has 0 saturated carbocycles. The van der Waals surface area contributed by atoms with Gasteiger partial charge >= 0.3 is 0 Å². The van der Waals surface area contributed by atoms with E-state index in [2.05, 4.69) is 5.18 Å². The zero-order valence-electron chi connectivity index (χ0n) is 5.37. The number of rotatable bonds is 1. The Morgan fingerprint density at radius 2 is 2.56 bits per heavy atom. The summed E-state index contributed by atoms with van der Waals surface area (Å²) in [7, 11) is 0. The molecule has 0 amide bonds. The molecule has 1 atom stereocenters. The molecule has 0 heterocycles. The molecule has 1 aliphatic carbocycles. The van der Waals surface area contributed by atoms with Crippen molar-refractivity contribution in [1.29, 1.82) is 0 Å². The summed E-state index contributed by atoms with van der Waals surface area (Å²) in [6.07, 6.45) is 6.62. The highest BCUT2D eigenvalue weighted by Gasteiger charge is 2.04. The smallest absolute Gasteiger partial charge is 0.114 e. The summed E-state index contributed by atoms with van der Waals surface area (Å²) in [5, 5.41) is 2.92. The first-order valence-corrected chi connectivity index (χ1v) is 3.00. The molecule has 2 nitrogen and oxygen atoms in total. The van der Waals surface area contributed by atoms with E-state index in [1.54, 1.807) is 0 Å². The van der Waals surface area contributed by atoms with Gasteiger partial charge in [-0.25, -0.2) is 0 Å². The van der Waals surface area contributed by atoms with Gasteiger partial charge in [-0.15, -0.1) is 0 Å². The van der Waals surface area contributed by atoms with Gasteiger partial charge < -0.3 is 0 Å². The number of hydrogen-bond donors (Lipinski definition) is 0. The van der Waals surface area contributed by atoms with E-state index in [-0.39, 0.29) is 6.04 Å². The minimum absolute atomic E-state index is 0.116. The molecule has 0 radical (unpaired) electrons. The third kappa shape index (κ3) is 1.49. The molecule has 1 unspecified atom stereocenters. The van der Waals surface area contributed by atoms with Crippen molar-refractivity contribution < 1.29 is 0 Å². The maximum Gasteiger partial charge on any atom is 0.114 e. The predicted molar refractivity (Wildman–Crippen MR) is 37.1 cm³/mol. The first-order valence-electron chi connectivity index (χ1n) is 3.00. The Kier molecular flexibility index (Phi) is 1.78. The molecular formula is C7H9NO. The molecule has 9 heavy (non-hydrogen) atoms. The molecule has 0 aromatic carbocycles. The van der Waals surface area contributed by atoms with Gasteiger partial charge in [0.15, 0.2) is 0 Å². The lowest BCUT2D eigenvalue weighted by Gasteiger charge is -2.04. The van der Waals surface area contributed by atoms with Crippen LogP contribution in [0.2, 0.25) is 0 Å². The van der Waals surface area contributed by atoms with Crippen molar-refractivity contribution in [3.8, 4) is 0 Å². The second kappa shape index (κ2) is 2.58. The van der Waals surface area contributed by atoms with Crippen LogP contribution < -0.4 is 0 Å². The molecule has 2 heteroatoms. The van der Waals surface area contributed by atoms with E-state index >= 15 is 0 Å². The van der Waals surface area contributed by atoms with E-state index in [1.165, 1.54) is 0 Å². The van der Waals surface area contributed by atoms with Gasteiger partial charge in [0.25, 0.3) is 0 Å². The molecule has 0 aliphatic heterocycles. The highest BCUT2D eigenvalue weighted by molar-refractivity contribution is 5.23. The topological polar surface area (TPSA) is 29.4 Å². The zero-order chi connectivity index (χ0) is 6.69. The Bertz CT molecular complexity index is 170. The predicted octanol–water partition coefficient (Wildman–Crippen LogP) is 2.03. The fourth-order valence-electron chi connectivity index (χ4n) is 0.894. The Labute approximate surface area is 54.2 Å². The number of nitroso groups, excluding NO2 is 1. The third-order valence-electron chi connectivity index (χ3n) is 1.35. The van der Waals surface area contributed by atoms with E-state index in [0.717, 1.165) is 12.0 Å². The summed E-state index contributed by atoms with van der Waals surface area (Å²) in [6, 6.07) is -0.116. The van der Waals surface area contributed by atoms with Gasteiger partial charge in [-0.1, -0.05) is 29.0 Å². The maximum absolute atomic E-state index is 9.98. The SMILES string of the molecule is CC1=CC(N=O)CC=C1. The van der Waals surface area contributed by atoms with Gasteiger partial charge in [0, 0.05) is 0 Å². The molecule has 0 aromatic heterocycles. The fourth-order valence-corrected chi connectivity index (χ4v) is 0.894. The van der Waals surface area contributed by atoms with Gasteiger partial charge in [-0.3, -0.25) is 0 Å². The third-order valence-corrected chi connectivity index (χ3v) is 1.35. The summed E-state index contributed by atoms with van der Waals surface area (Å²) >= 11 is 0. The summed E-state index contributed by atoms with van der Waals surface area (Å²) < 4.78 is 0. The van der Waals surface area contributed by atoms with Crippen LogP contribution in [0.15, 0.2) is 29.0 Å². The molecule has 0 aromatic rings. The Balaban J connectivity index is 2.65. The van der Waals surface area contributed by atoms with Crippen LogP contribution in [-0.4, -0.2) is 6.04 Å². The molecule has 0 N–H and O–H groups in total. The minimum atomic E-state index is -0.116. The molecule has 1 rings (SSSR count). The Hall–Kier alpha value is -0.920. The fraction of sp³-hybridized carbons (Fsp3) is 0.429. The first kappa shape index (κ1) is 6.20. The van der Waals surface area contributed by atoms with Gasteiger partial charge in [0.1, 0.15) is 6.04 Å². The summed E-state index contributed by atoms with van der Waals surface area (Å²) in [6.45, 7) is 1.97. The van der Waals surface area contributed by atoms with Crippen molar-refractivity contribution in [2.24, 2.45) is 5.18 Å². The van der Waals surface area contributed by atoms with Crippen molar-refractivity contribution in [3.63, 3.8) is 0 Å². The second-order valence-electron chi connectivity index (χ2n) is 2.22. The normalized spacial score (nSPS) is 25.4. The monoisotopic (exact) mass is 123 g/mol. The van der Waals surface area contributed by atoms with Crippen molar-refractivity contribution in [2.45, 2.75) is 19.4 Å². The lowest BCUT2D eigenvalue weighted by Crippen LogP contribution is -2.00. The van der Waals surface area contributed by atoms with Crippen LogP contribution in [0, 0.1) is 4.91 Å². The van der Waals surface area contributed by atoms with Crippen LogP contribution in [0.25, 0.3) is 0 Å². The van der Waals surface area contributed by atoms with Crippen LogP contribution in [0.4, 0.5) is 0 Å². The number of nitrogens with zero attached hydrogens (tertiary/aromatic N) is 1. The van der Waals surface area contributed by atoms with Crippen LogP contribution >= 0.6 is 0 Å². The van der Waals surface area contributed by atoms with Crippen molar-refractivity contribution in [2.75, 3.05) is 0 Å². The van der Waals surface area contributed by atoms with Crippen LogP contribution in [-0.2, 0) is 0 Å². The highest BCUT2D eigenvalue weighted by Crippen LogP contribution is 2.11. The van der Waals surface area contributed by atoms with Crippen molar-refractivity contribution >= 4 is 0 Å². The van der Waals surface area contributed by atoms with E-state index in [1.807, 2.05) is 25.2 Å². The molecule has 48 valence electrons. The molecule has 0 bridgehead atoms. The van der Waals surface area contributed by atoms with Crippen LogP contribution in [0.3, 0.4) is 0 Å². The average molecular weight is 123 g/mol. The Morgan fingerprint density at radius 1 is 1.78 bits per heavy atom. The molecule has 0 spiro atoms. The van der Waals surface area contributed by atoms with E-state index in [9.17, 15) is 4.91 Å². The molecule has 0 fully saturated rings. The summed E-state index contributed by atoms with van der Waals surface area (Å²) in [4.78, 5) is 9.98. The van der Waals surface area contributed by atoms with Gasteiger partial charge in [0.2, 0.25) is 0 Å². The summed E-state index contributed by atoms with van der Waals surface area (Å²) in [5.74, 6) is 0. The van der Waals surface area contributed by atoms with E-state index in [0.29, 0.717) is 0 Å². The quantitative estimate of drug-likeness (QED) is 0.490. The van der Waals surface area contributed by atoms with Crippen LogP contribution in [0.1, 0.15) is 13.3 Å². The molecule has 0 saturated heterocycles. The van der Waals surface area contributed by atoms with Gasteiger partial charge in [0.05, 0.1) is 0 Å². The van der Waals surface area contributed by atoms with Crippen LogP contribution in [0.5, 0.6) is 0 Å². The largest absolute Gasteiger partial charge is 0.150 e. The molecule has 1 aliphatic rings. The lowest BCUT2D eigenvalue weighted by molar-refractivity contribution is 0.811. The standard InChI is InChI=1S/C7H9NO/c1-6-3-2-4-7(5-6)8-9/h2-3,5,7H,4H2,1H3. The zero-order valence-corrected chi connectivity index (χ0v) is 5.37. The summed E-state index contributed by atoms with van der Waals surface area (Å²) in [5.41, 5.74) is 1.13. The minimum Gasteiger partial charge on any atom is -0.150 e. The second-order valence-corrected chi connectivity index (χ2v) is 2.22. The Morgan fingerprint density at radius 3 is 3.00 bits per heavy atom.